The molecule has 86 valence electrons. The first-order chi connectivity index (χ1) is 7.56. The molecule has 7 nitrogen and oxygen atoms in total. The standard InChI is InChI=1S/C9H11N3O4/c1-11-3-4-12-6(8(11)14)7(13)5(10-12)9(15)16-2/h13H,3-4H2,1-2H3. The maximum Gasteiger partial charge on any atom is 0.362 e. The second-order valence-electron chi connectivity index (χ2n) is 3.49. The molecule has 0 fully saturated rings. The second-order valence-corrected chi connectivity index (χ2v) is 3.49. The van der Waals surface area contributed by atoms with Crippen molar-refractivity contribution >= 4 is 11.9 Å². The Morgan fingerprint density at radius 2 is 2.19 bits per heavy atom. The molecule has 1 N–H and O–H groups in total. The normalized spacial score (nSPS) is 14.9. The van der Waals surface area contributed by atoms with Crippen LogP contribution in [0.3, 0.4) is 0 Å². The van der Waals surface area contributed by atoms with E-state index in [1.54, 1.807) is 7.05 Å². The highest BCUT2D eigenvalue weighted by Crippen LogP contribution is 2.26. The number of hydrogen-bond acceptors (Lipinski definition) is 5. The number of hydrogen-bond donors (Lipinski definition) is 1. The van der Waals surface area contributed by atoms with Crippen LogP contribution in [0.15, 0.2) is 0 Å². The van der Waals surface area contributed by atoms with Crippen LogP contribution in [-0.2, 0) is 11.3 Å². The number of fused-ring (bicyclic) bond motifs is 1. The summed E-state index contributed by atoms with van der Waals surface area (Å²) in [5.74, 6) is -1.52. The van der Waals surface area contributed by atoms with Crippen molar-refractivity contribution in [2.75, 3.05) is 20.7 Å². The molecule has 0 bridgehead atoms. The van der Waals surface area contributed by atoms with Crippen LogP contribution in [0.25, 0.3) is 0 Å². The van der Waals surface area contributed by atoms with E-state index in [0.717, 1.165) is 0 Å². The maximum absolute atomic E-state index is 11.7. The van der Waals surface area contributed by atoms with Gasteiger partial charge in [-0.3, -0.25) is 9.48 Å². The van der Waals surface area contributed by atoms with Gasteiger partial charge < -0.3 is 14.7 Å². The molecule has 0 saturated carbocycles. The summed E-state index contributed by atoms with van der Waals surface area (Å²) in [4.78, 5) is 24.4. The number of carbonyl (C=O) groups is 2. The van der Waals surface area contributed by atoms with Gasteiger partial charge in [-0.15, -0.1) is 0 Å². The van der Waals surface area contributed by atoms with Gasteiger partial charge in [0.25, 0.3) is 5.91 Å². The molecule has 2 heterocycles. The third-order valence-corrected chi connectivity index (χ3v) is 2.50. The zero-order valence-corrected chi connectivity index (χ0v) is 8.93. The summed E-state index contributed by atoms with van der Waals surface area (Å²) in [6.45, 7) is 0.940. The molecular formula is C9H11N3O4. The van der Waals surface area contributed by atoms with Gasteiger partial charge in [-0.25, -0.2) is 4.79 Å². The fourth-order valence-corrected chi connectivity index (χ4v) is 1.59. The van der Waals surface area contributed by atoms with Gasteiger partial charge in [0.1, 0.15) is 0 Å². The van der Waals surface area contributed by atoms with E-state index in [9.17, 15) is 14.7 Å². The summed E-state index contributed by atoms with van der Waals surface area (Å²) in [6.07, 6.45) is 0. The molecule has 2 rings (SSSR count). The Bertz CT molecular complexity index is 466. The highest BCUT2D eigenvalue weighted by Gasteiger charge is 2.32. The van der Waals surface area contributed by atoms with E-state index in [1.165, 1.54) is 16.7 Å². The van der Waals surface area contributed by atoms with Crippen LogP contribution in [0, 0.1) is 0 Å². The molecule has 7 heteroatoms. The number of carbonyl (C=O) groups excluding carboxylic acids is 2. The van der Waals surface area contributed by atoms with E-state index in [-0.39, 0.29) is 17.3 Å². The molecule has 1 amide bonds. The maximum atomic E-state index is 11.7. The average Bonchev–Trinajstić information content (AvgIpc) is 2.61. The number of aromatic hydroxyl groups is 1. The number of likely N-dealkylation sites (N-methyl/N-ethyl adjacent to an activating group) is 1. The lowest BCUT2D eigenvalue weighted by molar-refractivity contribution is 0.0589. The van der Waals surface area contributed by atoms with Gasteiger partial charge in [-0.05, 0) is 0 Å². The molecule has 0 spiro atoms. The molecule has 1 aromatic rings. The van der Waals surface area contributed by atoms with Crippen molar-refractivity contribution < 1.29 is 19.4 Å². The number of aromatic nitrogens is 2. The molecule has 1 aliphatic rings. The smallest absolute Gasteiger partial charge is 0.362 e. The number of amides is 1. The van der Waals surface area contributed by atoms with Crippen molar-refractivity contribution in [3.63, 3.8) is 0 Å². The summed E-state index contributed by atoms with van der Waals surface area (Å²) < 4.78 is 5.78. The monoisotopic (exact) mass is 225 g/mol. The molecule has 0 radical (unpaired) electrons. The van der Waals surface area contributed by atoms with Crippen LogP contribution >= 0.6 is 0 Å². The van der Waals surface area contributed by atoms with E-state index >= 15 is 0 Å². The van der Waals surface area contributed by atoms with Gasteiger partial charge in [0.05, 0.1) is 13.7 Å². The number of methoxy groups -OCH3 is 1. The van der Waals surface area contributed by atoms with Crippen LogP contribution in [-0.4, -0.2) is 52.4 Å². The minimum atomic E-state index is -0.755. The van der Waals surface area contributed by atoms with Crippen molar-refractivity contribution in [1.29, 1.82) is 0 Å². The van der Waals surface area contributed by atoms with Crippen LogP contribution in [0.4, 0.5) is 0 Å². The van der Waals surface area contributed by atoms with Gasteiger partial charge in [-0.2, -0.15) is 5.10 Å². The predicted molar refractivity (Wildman–Crippen MR) is 52.2 cm³/mol. The molecule has 0 aromatic carbocycles. The van der Waals surface area contributed by atoms with Crippen molar-refractivity contribution in [3.05, 3.63) is 11.4 Å². The van der Waals surface area contributed by atoms with Gasteiger partial charge in [0.2, 0.25) is 5.69 Å². The molecule has 0 saturated heterocycles. The first kappa shape index (κ1) is 10.5. The summed E-state index contributed by atoms with van der Waals surface area (Å²) in [6, 6.07) is 0. The number of rotatable bonds is 1. The molecule has 0 unspecified atom stereocenters. The van der Waals surface area contributed by atoms with Crippen molar-refractivity contribution in [2.45, 2.75) is 6.54 Å². The summed E-state index contributed by atoms with van der Waals surface area (Å²) >= 11 is 0. The minimum Gasteiger partial charge on any atom is -0.503 e. The van der Waals surface area contributed by atoms with E-state index in [0.29, 0.717) is 13.1 Å². The van der Waals surface area contributed by atoms with Crippen LogP contribution in [0.2, 0.25) is 0 Å². The Balaban J connectivity index is 2.52. The molecule has 0 atom stereocenters. The molecule has 16 heavy (non-hydrogen) atoms. The molecular weight excluding hydrogens is 214 g/mol. The largest absolute Gasteiger partial charge is 0.503 e. The fourth-order valence-electron chi connectivity index (χ4n) is 1.59. The second kappa shape index (κ2) is 3.51. The number of esters is 1. The zero-order chi connectivity index (χ0) is 11.9. The summed E-state index contributed by atoms with van der Waals surface area (Å²) in [7, 11) is 2.81. The van der Waals surface area contributed by atoms with Crippen LogP contribution < -0.4 is 0 Å². The van der Waals surface area contributed by atoms with Crippen molar-refractivity contribution in [2.24, 2.45) is 0 Å². The van der Waals surface area contributed by atoms with Crippen molar-refractivity contribution in [1.82, 2.24) is 14.7 Å². The number of nitrogens with zero attached hydrogens (tertiary/aromatic N) is 3. The van der Waals surface area contributed by atoms with Gasteiger partial charge in [0.15, 0.2) is 11.4 Å². The average molecular weight is 225 g/mol. The Hall–Kier alpha value is -2.05. The SMILES string of the molecule is COC(=O)c1nn2c(c1O)C(=O)N(C)CC2. The molecule has 1 aromatic heterocycles. The lowest BCUT2D eigenvalue weighted by Crippen LogP contribution is -2.37. The van der Waals surface area contributed by atoms with E-state index in [2.05, 4.69) is 9.84 Å². The zero-order valence-electron chi connectivity index (χ0n) is 8.93. The highest BCUT2D eigenvalue weighted by molar-refractivity contribution is 6.00. The first-order valence-corrected chi connectivity index (χ1v) is 4.69. The first-order valence-electron chi connectivity index (χ1n) is 4.69. The lowest BCUT2D eigenvalue weighted by atomic mass is 10.2. The Kier molecular flexibility index (Phi) is 2.30. The highest BCUT2D eigenvalue weighted by atomic mass is 16.5. The Morgan fingerprint density at radius 1 is 1.50 bits per heavy atom. The van der Waals surface area contributed by atoms with Crippen molar-refractivity contribution in [3.8, 4) is 5.75 Å². The topological polar surface area (TPSA) is 84.7 Å². The van der Waals surface area contributed by atoms with Gasteiger partial charge >= 0.3 is 5.97 Å². The Morgan fingerprint density at radius 3 is 2.81 bits per heavy atom. The van der Waals surface area contributed by atoms with Crippen LogP contribution in [0.5, 0.6) is 5.75 Å². The van der Waals surface area contributed by atoms with E-state index < -0.39 is 11.7 Å². The Labute approximate surface area is 91.2 Å². The summed E-state index contributed by atoms with van der Waals surface area (Å²) in [5.41, 5.74) is -0.185. The third kappa shape index (κ3) is 1.32. The van der Waals surface area contributed by atoms with Crippen LogP contribution in [0.1, 0.15) is 21.0 Å². The fraction of sp³-hybridized carbons (Fsp3) is 0.444. The van der Waals surface area contributed by atoms with Gasteiger partial charge in [0, 0.05) is 13.6 Å². The third-order valence-electron chi connectivity index (χ3n) is 2.50. The van der Waals surface area contributed by atoms with E-state index in [1.807, 2.05) is 0 Å². The quantitative estimate of drug-likeness (QED) is 0.649. The minimum absolute atomic E-state index is 0.0363. The van der Waals surface area contributed by atoms with E-state index in [4.69, 9.17) is 0 Å². The lowest BCUT2D eigenvalue weighted by Gasteiger charge is -2.22. The predicted octanol–water partition coefficient (Wildman–Crippen LogP) is -0.539. The number of ether oxygens (including phenoxy) is 1. The summed E-state index contributed by atoms with van der Waals surface area (Å²) in [5, 5.41) is 13.6. The molecule has 1 aliphatic heterocycles. The molecule has 0 aliphatic carbocycles. The van der Waals surface area contributed by atoms with Gasteiger partial charge in [-0.1, -0.05) is 0 Å².